The first-order valence-electron chi connectivity index (χ1n) is 12.7. The predicted molar refractivity (Wildman–Crippen MR) is 146 cm³/mol. The van der Waals surface area contributed by atoms with Crippen LogP contribution in [0.2, 0.25) is 0 Å². The maximum Gasteiger partial charge on any atom is 0.248 e. The molecular weight excluding hydrogens is 482 g/mol. The molecule has 0 aliphatic carbocycles. The highest BCUT2D eigenvalue weighted by molar-refractivity contribution is 5.92. The SMILES string of the molecule is CCCCCC(=O)N[C@H](C(=O)NCc1ccc(C(N)=O)cc1)c1ccc(OCc2cccc(OC)c2)cc1. The molecule has 38 heavy (non-hydrogen) atoms. The first-order valence-corrected chi connectivity index (χ1v) is 12.7. The summed E-state index contributed by atoms with van der Waals surface area (Å²) in [6.07, 6.45) is 3.07. The van der Waals surface area contributed by atoms with Crippen LogP contribution in [-0.4, -0.2) is 24.8 Å². The van der Waals surface area contributed by atoms with Gasteiger partial charge in [0.25, 0.3) is 0 Å². The van der Waals surface area contributed by atoms with Crippen LogP contribution in [-0.2, 0) is 22.7 Å². The van der Waals surface area contributed by atoms with E-state index >= 15 is 0 Å². The highest BCUT2D eigenvalue weighted by Crippen LogP contribution is 2.21. The van der Waals surface area contributed by atoms with Crippen molar-refractivity contribution < 1.29 is 23.9 Å². The topological polar surface area (TPSA) is 120 Å². The highest BCUT2D eigenvalue weighted by atomic mass is 16.5. The molecule has 3 aromatic rings. The number of carbonyl (C=O) groups excluding carboxylic acids is 3. The van der Waals surface area contributed by atoms with Crippen molar-refractivity contribution >= 4 is 17.7 Å². The summed E-state index contributed by atoms with van der Waals surface area (Å²) in [5.74, 6) is 0.372. The molecule has 0 bridgehead atoms. The molecule has 8 heteroatoms. The van der Waals surface area contributed by atoms with Crippen LogP contribution in [0.4, 0.5) is 0 Å². The van der Waals surface area contributed by atoms with Gasteiger partial charge in [0.1, 0.15) is 24.1 Å². The second-order valence-electron chi connectivity index (χ2n) is 8.95. The molecule has 1 atom stereocenters. The number of methoxy groups -OCH3 is 1. The van der Waals surface area contributed by atoms with Crippen molar-refractivity contribution in [3.05, 3.63) is 95.1 Å². The zero-order valence-corrected chi connectivity index (χ0v) is 21.9. The van der Waals surface area contributed by atoms with Gasteiger partial charge in [-0.3, -0.25) is 14.4 Å². The molecular formula is C30H35N3O5. The van der Waals surface area contributed by atoms with Crippen LogP contribution in [0.5, 0.6) is 11.5 Å². The minimum absolute atomic E-state index is 0.178. The molecule has 0 aliphatic rings. The number of benzene rings is 3. The second-order valence-corrected chi connectivity index (χ2v) is 8.95. The van der Waals surface area contributed by atoms with Gasteiger partial charge in [-0.05, 0) is 59.5 Å². The van der Waals surface area contributed by atoms with E-state index in [2.05, 4.69) is 17.6 Å². The van der Waals surface area contributed by atoms with Crippen molar-refractivity contribution in [2.75, 3.05) is 7.11 Å². The number of rotatable bonds is 14. The lowest BCUT2D eigenvalue weighted by Gasteiger charge is -2.19. The van der Waals surface area contributed by atoms with Gasteiger partial charge in [-0.25, -0.2) is 0 Å². The highest BCUT2D eigenvalue weighted by Gasteiger charge is 2.22. The van der Waals surface area contributed by atoms with Crippen LogP contribution in [0.1, 0.15) is 65.7 Å². The molecule has 0 heterocycles. The van der Waals surface area contributed by atoms with Crippen molar-refractivity contribution in [3.8, 4) is 11.5 Å². The zero-order chi connectivity index (χ0) is 27.3. The molecule has 4 N–H and O–H groups in total. The number of hydrogen-bond donors (Lipinski definition) is 3. The number of amides is 3. The van der Waals surface area contributed by atoms with Crippen LogP contribution in [0, 0.1) is 0 Å². The summed E-state index contributed by atoms with van der Waals surface area (Å²) < 4.78 is 11.1. The Morgan fingerprint density at radius 3 is 2.29 bits per heavy atom. The molecule has 0 aliphatic heterocycles. The standard InChI is InChI=1S/C30H35N3O5/c1-3-4-5-9-27(34)33-28(30(36)32-19-21-10-12-24(13-11-21)29(31)35)23-14-16-25(17-15-23)38-20-22-7-6-8-26(18-22)37-2/h6-8,10-18,28H,3-5,9,19-20H2,1-2H3,(H2,31,35)(H,32,36)(H,33,34)/t28-/m0/s1. The van der Waals surface area contributed by atoms with Gasteiger partial charge in [0.2, 0.25) is 17.7 Å². The van der Waals surface area contributed by atoms with Crippen LogP contribution >= 0.6 is 0 Å². The molecule has 0 unspecified atom stereocenters. The molecule has 3 amide bonds. The number of primary amides is 1. The number of nitrogens with one attached hydrogen (secondary N) is 2. The fraction of sp³-hybridized carbons (Fsp3) is 0.300. The van der Waals surface area contributed by atoms with E-state index < -0.39 is 11.9 Å². The normalized spacial score (nSPS) is 11.3. The number of ether oxygens (including phenoxy) is 2. The molecule has 0 spiro atoms. The van der Waals surface area contributed by atoms with Gasteiger partial charge >= 0.3 is 0 Å². The quantitative estimate of drug-likeness (QED) is 0.273. The molecule has 200 valence electrons. The maximum atomic E-state index is 13.2. The van der Waals surface area contributed by atoms with E-state index in [1.165, 1.54) is 0 Å². The Morgan fingerprint density at radius 2 is 1.63 bits per heavy atom. The van der Waals surface area contributed by atoms with Gasteiger partial charge in [-0.1, -0.05) is 56.2 Å². The monoisotopic (exact) mass is 517 g/mol. The lowest BCUT2D eigenvalue weighted by Crippen LogP contribution is -2.40. The van der Waals surface area contributed by atoms with Crippen LogP contribution in [0.15, 0.2) is 72.8 Å². The van der Waals surface area contributed by atoms with Crippen molar-refractivity contribution in [2.24, 2.45) is 5.73 Å². The molecule has 0 saturated heterocycles. The summed E-state index contributed by atoms with van der Waals surface area (Å²) in [7, 11) is 1.62. The Morgan fingerprint density at radius 1 is 0.895 bits per heavy atom. The molecule has 0 aromatic heterocycles. The summed E-state index contributed by atoms with van der Waals surface area (Å²) in [6, 6.07) is 20.6. The van der Waals surface area contributed by atoms with E-state index in [1.54, 1.807) is 55.6 Å². The minimum Gasteiger partial charge on any atom is -0.497 e. The summed E-state index contributed by atoms with van der Waals surface area (Å²) in [6.45, 7) is 2.67. The first-order chi connectivity index (χ1) is 18.4. The van der Waals surface area contributed by atoms with Crippen LogP contribution < -0.4 is 25.8 Å². The van der Waals surface area contributed by atoms with Gasteiger partial charge in [-0.2, -0.15) is 0 Å². The Balaban J connectivity index is 1.67. The van der Waals surface area contributed by atoms with Gasteiger partial charge in [-0.15, -0.1) is 0 Å². The molecule has 3 aromatic carbocycles. The number of hydrogen-bond acceptors (Lipinski definition) is 5. The van der Waals surface area contributed by atoms with E-state index in [0.29, 0.717) is 29.9 Å². The average Bonchev–Trinajstić information content (AvgIpc) is 2.94. The fourth-order valence-electron chi connectivity index (χ4n) is 3.83. The molecule has 8 nitrogen and oxygen atoms in total. The molecule has 0 radical (unpaired) electrons. The van der Waals surface area contributed by atoms with E-state index in [1.807, 2.05) is 24.3 Å². The van der Waals surface area contributed by atoms with E-state index in [-0.39, 0.29) is 18.4 Å². The molecule has 0 saturated carbocycles. The Kier molecular flexibility index (Phi) is 10.7. The third kappa shape index (κ3) is 8.65. The van der Waals surface area contributed by atoms with Crippen molar-refractivity contribution in [2.45, 2.75) is 51.8 Å². The molecule has 0 fully saturated rings. The fourth-order valence-corrected chi connectivity index (χ4v) is 3.83. The lowest BCUT2D eigenvalue weighted by atomic mass is 10.0. The second kappa shape index (κ2) is 14.4. The number of unbranched alkanes of at least 4 members (excludes halogenated alkanes) is 2. The van der Waals surface area contributed by atoms with Crippen molar-refractivity contribution in [3.63, 3.8) is 0 Å². The summed E-state index contributed by atoms with van der Waals surface area (Å²) in [5.41, 5.74) is 8.10. The third-order valence-corrected chi connectivity index (χ3v) is 6.03. The van der Waals surface area contributed by atoms with Crippen LogP contribution in [0.25, 0.3) is 0 Å². The minimum atomic E-state index is -0.860. The Hall–Kier alpha value is -4.33. The van der Waals surface area contributed by atoms with Gasteiger partial charge in [0.15, 0.2) is 0 Å². The van der Waals surface area contributed by atoms with Gasteiger partial charge < -0.3 is 25.8 Å². The van der Waals surface area contributed by atoms with Gasteiger partial charge in [0, 0.05) is 18.5 Å². The Bertz CT molecular complexity index is 1210. The predicted octanol–water partition coefficient (Wildman–Crippen LogP) is 4.43. The average molecular weight is 518 g/mol. The van der Waals surface area contributed by atoms with Crippen molar-refractivity contribution in [1.82, 2.24) is 10.6 Å². The smallest absolute Gasteiger partial charge is 0.248 e. The number of nitrogens with two attached hydrogens (primary N) is 1. The largest absolute Gasteiger partial charge is 0.497 e. The lowest BCUT2D eigenvalue weighted by molar-refractivity contribution is -0.129. The summed E-state index contributed by atoms with van der Waals surface area (Å²) >= 11 is 0. The van der Waals surface area contributed by atoms with Gasteiger partial charge in [0.05, 0.1) is 7.11 Å². The van der Waals surface area contributed by atoms with E-state index in [4.69, 9.17) is 15.2 Å². The third-order valence-electron chi connectivity index (χ3n) is 6.03. The molecule has 3 rings (SSSR count). The van der Waals surface area contributed by atoms with E-state index in [0.717, 1.165) is 36.1 Å². The van der Waals surface area contributed by atoms with Crippen LogP contribution in [0.3, 0.4) is 0 Å². The number of carbonyl (C=O) groups is 3. The summed E-state index contributed by atoms with van der Waals surface area (Å²) in [4.78, 5) is 37.0. The Labute approximate surface area is 223 Å². The summed E-state index contributed by atoms with van der Waals surface area (Å²) in [5, 5.41) is 5.75. The zero-order valence-electron chi connectivity index (χ0n) is 21.9. The maximum absolute atomic E-state index is 13.2. The first kappa shape index (κ1) is 28.2. The van der Waals surface area contributed by atoms with Crippen molar-refractivity contribution in [1.29, 1.82) is 0 Å². The van der Waals surface area contributed by atoms with E-state index in [9.17, 15) is 14.4 Å².